The number of pyridine rings is 2. The zero-order chi connectivity index (χ0) is 40.5. The Morgan fingerprint density at radius 1 is 0.536 bits per heavy atom. The topological polar surface area (TPSA) is 201 Å². The number of aromatic nitrogens is 2. The van der Waals surface area contributed by atoms with Gasteiger partial charge in [0.1, 0.15) is 37.5 Å². The number of aliphatic hydroxyl groups is 2. The second kappa shape index (κ2) is 21.9. The Balaban J connectivity index is 1.53. The summed E-state index contributed by atoms with van der Waals surface area (Å²) in [6, 6.07) is 24.3. The minimum Gasteiger partial charge on any atom is -0.443 e. The number of carbonyl (C=O) groups is 4. The van der Waals surface area contributed by atoms with Crippen molar-refractivity contribution in [3.63, 3.8) is 0 Å². The summed E-state index contributed by atoms with van der Waals surface area (Å²) in [5.41, 5.74) is 2.57. The lowest BCUT2D eigenvalue weighted by atomic mass is 9.90. The summed E-state index contributed by atoms with van der Waals surface area (Å²) < 4.78 is 10.6. The van der Waals surface area contributed by atoms with Gasteiger partial charge in [-0.05, 0) is 60.1 Å². The number of amides is 4. The number of hydrogen-bond acceptors (Lipinski definition) is 10. The molecule has 0 aliphatic carbocycles. The average molecular weight is 769 g/mol. The maximum atomic E-state index is 13.9. The SMILES string of the molecule is CC(C)[C@H](NC(=O)OCc1ccccn1)C(=O)N[C@@H](Cc1ccccc1)[C@@H](O)[C@H](O)[C@H](Cc1ccccc1)NC(=O)[C@@H](NC(=O)OCc1ccccn1)C(C)C. The van der Waals surface area contributed by atoms with Crippen molar-refractivity contribution in [1.29, 1.82) is 0 Å². The predicted molar refractivity (Wildman–Crippen MR) is 209 cm³/mol. The first-order valence-corrected chi connectivity index (χ1v) is 18.6. The molecule has 6 atom stereocenters. The van der Waals surface area contributed by atoms with Crippen LogP contribution in [0.2, 0.25) is 0 Å². The molecule has 4 amide bonds. The van der Waals surface area contributed by atoms with Crippen molar-refractivity contribution >= 4 is 24.0 Å². The Kier molecular flexibility index (Phi) is 16.8. The van der Waals surface area contributed by atoms with Gasteiger partial charge in [-0.2, -0.15) is 0 Å². The number of nitrogens with zero attached hydrogens (tertiary/aromatic N) is 2. The van der Waals surface area contributed by atoms with Gasteiger partial charge < -0.3 is 41.0 Å². The lowest BCUT2D eigenvalue weighted by Gasteiger charge is -2.35. The van der Waals surface area contributed by atoms with E-state index in [9.17, 15) is 29.4 Å². The van der Waals surface area contributed by atoms with Crippen molar-refractivity contribution in [3.8, 4) is 0 Å². The molecule has 2 aromatic heterocycles. The van der Waals surface area contributed by atoms with Crippen LogP contribution in [-0.2, 0) is 45.1 Å². The first kappa shape index (κ1) is 42.9. The van der Waals surface area contributed by atoms with Gasteiger partial charge in [0.15, 0.2) is 0 Å². The van der Waals surface area contributed by atoms with E-state index in [1.54, 1.807) is 76.5 Å². The highest BCUT2D eigenvalue weighted by Gasteiger charge is 2.37. The van der Waals surface area contributed by atoms with Crippen LogP contribution in [0.5, 0.6) is 0 Å². The summed E-state index contributed by atoms with van der Waals surface area (Å²) in [6.07, 6.45) is -1.55. The van der Waals surface area contributed by atoms with Gasteiger partial charge in [-0.25, -0.2) is 9.59 Å². The number of aliphatic hydroxyl groups excluding tert-OH is 2. The Bertz CT molecular complexity index is 1670. The highest BCUT2D eigenvalue weighted by Crippen LogP contribution is 2.17. The summed E-state index contributed by atoms with van der Waals surface area (Å²) in [5.74, 6) is -2.01. The predicted octanol–water partition coefficient (Wildman–Crippen LogP) is 3.86. The molecule has 14 nitrogen and oxygen atoms in total. The molecule has 0 fully saturated rings. The number of rotatable bonds is 19. The van der Waals surface area contributed by atoms with Gasteiger partial charge in [0.05, 0.1) is 23.5 Å². The second-order valence-electron chi connectivity index (χ2n) is 14.1. The minimum atomic E-state index is -1.62. The average Bonchev–Trinajstić information content (AvgIpc) is 3.20. The molecule has 298 valence electrons. The smallest absolute Gasteiger partial charge is 0.408 e. The van der Waals surface area contributed by atoms with E-state index in [4.69, 9.17) is 9.47 Å². The molecule has 0 saturated heterocycles. The number of ether oxygens (including phenoxy) is 2. The summed E-state index contributed by atoms with van der Waals surface area (Å²) in [4.78, 5) is 61.6. The van der Waals surface area contributed by atoms with Crippen LogP contribution in [-0.4, -0.2) is 80.6 Å². The van der Waals surface area contributed by atoms with E-state index in [0.717, 1.165) is 11.1 Å². The van der Waals surface area contributed by atoms with Gasteiger partial charge in [0, 0.05) is 12.4 Å². The van der Waals surface area contributed by atoms with E-state index >= 15 is 0 Å². The molecule has 0 saturated carbocycles. The third-order valence-corrected chi connectivity index (χ3v) is 9.03. The van der Waals surface area contributed by atoms with Crippen molar-refractivity contribution in [2.24, 2.45) is 11.8 Å². The molecule has 14 heteroatoms. The zero-order valence-corrected chi connectivity index (χ0v) is 32.1. The highest BCUT2D eigenvalue weighted by molar-refractivity contribution is 5.87. The van der Waals surface area contributed by atoms with Crippen LogP contribution in [0.25, 0.3) is 0 Å². The largest absolute Gasteiger partial charge is 0.443 e. The number of hydrogen-bond donors (Lipinski definition) is 6. The van der Waals surface area contributed by atoms with E-state index < -0.39 is 72.2 Å². The highest BCUT2D eigenvalue weighted by atomic mass is 16.6. The molecule has 0 spiro atoms. The van der Waals surface area contributed by atoms with Gasteiger partial charge >= 0.3 is 12.2 Å². The molecule has 0 bridgehead atoms. The van der Waals surface area contributed by atoms with Gasteiger partial charge in [0.2, 0.25) is 11.8 Å². The Hall–Kier alpha value is -5.86. The summed E-state index contributed by atoms with van der Waals surface area (Å²) in [6.45, 7) is 6.79. The molecule has 6 N–H and O–H groups in total. The monoisotopic (exact) mass is 768 g/mol. The van der Waals surface area contributed by atoms with Gasteiger partial charge in [-0.1, -0.05) is 100 Å². The first-order valence-electron chi connectivity index (χ1n) is 18.6. The van der Waals surface area contributed by atoms with Crippen LogP contribution in [0.3, 0.4) is 0 Å². The fourth-order valence-electron chi connectivity index (χ4n) is 5.92. The van der Waals surface area contributed by atoms with Crippen molar-refractivity contribution in [1.82, 2.24) is 31.2 Å². The van der Waals surface area contributed by atoms with Crippen LogP contribution in [0.4, 0.5) is 9.59 Å². The van der Waals surface area contributed by atoms with Crippen LogP contribution in [0.1, 0.15) is 50.2 Å². The van der Waals surface area contributed by atoms with Gasteiger partial charge in [-0.3, -0.25) is 19.6 Å². The van der Waals surface area contributed by atoms with Crippen LogP contribution < -0.4 is 21.3 Å². The van der Waals surface area contributed by atoms with Gasteiger partial charge in [0.25, 0.3) is 0 Å². The van der Waals surface area contributed by atoms with Crippen molar-refractivity contribution in [3.05, 3.63) is 132 Å². The van der Waals surface area contributed by atoms with E-state index in [2.05, 4.69) is 31.2 Å². The van der Waals surface area contributed by atoms with Crippen LogP contribution >= 0.6 is 0 Å². The van der Waals surface area contributed by atoms with Gasteiger partial charge in [-0.15, -0.1) is 0 Å². The lowest BCUT2D eigenvalue weighted by molar-refractivity contribution is -0.129. The van der Waals surface area contributed by atoms with Crippen LogP contribution in [0.15, 0.2) is 109 Å². The molecule has 0 aliphatic rings. The molecule has 2 heterocycles. The van der Waals surface area contributed by atoms with E-state index in [0.29, 0.717) is 11.4 Å². The van der Waals surface area contributed by atoms with Crippen molar-refractivity contribution in [2.45, 2.75) is 90.1 Å². The van der Waals surface area contributed by atoms with E-state index in [1.165, 1.54) is 0 Å². The Morgan fingerprint density at radius 3 is 1.21 bits per heavy atom. The second-order valence-corrected chi connectivity index (χ2v) is 14.1. The van der Waals surface area contributed by atoms with E-state index in [-0.39, 0.29) is 26.1 Å². The summed E-state index contributed by atoms with van der Waals surface area (Å²) in [5, 5.41) is 34.7. The van der Waals surface area contributed by atoms with Crippen molar-refractivity contribution < 1.29 is 38.9 Å². The molecule has 2 aromatic carbocycles. The molecule has 4 aromatic rings. The molecule has 0 radical (unpaired) electrons. The maximum Gasteiger partial charge on any atom is 0.408 e. The minimum absolute atomic E-state index is 0.101. The number of benzene rings is 2. The molecule has 4 rings (SSSR count). The number of carbonyl (C=O) groups excluding carboxylic acids is 4. The number of alkyl carbamates (subject to hydrolysis) is 2. The quantitative estimate of drug-likeness (QED) is 0.0814. The summed E-state index contributed by atoms with van der Waals surface area (Å²) in [7, 11) is 0. The molecule has 0 unspecified atom stereocenters. The Morgan fingerprint density at radius 2 is 0.893 bits per heavy atom. The fraction of sp³-hybridized carbons (Fsp3) is 0.381. The Labute approximate surface area is 327 Å². The molecule has 56 heavy (non-hydrogen) atoms. The van der Waals surface area contributed by atoms with E-state index in [1.807, 2.05) is 60.7 Å². The lowest BCUT2D eigenvalue weighted by Crippen LogP contribution is -2.61. The zero-order valence-electron chi connectivity index (χ0n) is 32.1. The third kappa shape index (κ3) is 13.8. The summed E-state index contributed by atoms with van der Waals surface area (Å²) >= 11 is 0. The maximum absolute atomic E-state index is 13.9. The standard InChI is InChI=1S/C42H52N6O8/c1-27(2)35(47-41(53)55-25-31-19-11-13-21-43-31)39(51)45-33(23-29-15-7-5-8-16-29)37(49)38(50)34(24-30-17-9-6-10-18-30)46-40(52)36(28(3)4)48-42(54)56-26-32-20-12-14-22-44-32/h5-22,27-28,33-38,49-50H,23-26H2,1-4H3,(H,45,51)(H,46,52)(H,47,53)(H,48,54)/t33-,34-,35-,36-,37+,38+/m0/s1. The third-order valence-electron chi connectivity index (χ3n) is 9.03. The normalized spacial score (nSPS) is 14.4. The molecule has 0 aliphatic heterocycles. The number of nitrogens with one attached hydrogen (secondary N) is 4. The first-order chi connectivity index (χ1) is 26.9. The van der Waals surface area contributed by atoms with Crippen LogP contribution in [0, 0.1) is 11.8 Å². The molecular formula is C42H52N6O8. The van der Waals surface area contributed by atoms with Crippen molar-refractivity contribution in [2.75, 3.05) is 0 Å². The fourth-order valence-corrected chi connectivity index (χ4v) is 5.92. The molecular weight excluding hydrogens is 716 g/mol.